The molecule has 1 fully saturated rings. The molecule has 5 nitrogen and oxygen atoms in total. The summed E-state index contributed by atoms with van der Waals surface area (Å²) in [5.74, 6) is -1.11. The number of amides is 1. The molecule has 19 heavy (non-hydrogen) atoms. The Hall–Kier alpha value is -1.66. The Morgan fingerprint density at radius 2 is 2.16 bits per heavy atom. The molecule has 0 atom stereocenters. The fourth-order valence-electron chi connectivity index (χ4n) is 2.13. The number of para-hydroxylation sites is 1. The summed E-state index contributed by atoms with van der Waals surface area (Å²) in [6, 6.07) is 4.08. The number of nitrogens with one attached hydrogen (secondary N) is 1. The Morgan fingerprint density at radius 1 is 1.47 bits per heavy atom. The Labute approximate surface area is 110 Å². The molecule has 1 aliphatic heterocycles. The van der Waals surface area contributed by atoms with Gasteiger partial charge in [-0.15, -0.1) is 0 Å². The van der Waals surface area contributed by atoms with E-state index in [9.17, 15) is 14.3 Å². The minimum Gasteiger partial charge on any atom is -0.396 e. The maximum absolute atomic E-state index is 13.3. The van der Waals surface area contributed by atoms with Gasteiger partial charge in [0.2, 0.25) is 0 Å². The van der Waals surface area contributed by atoms with E-state index in [1.165, 1.54) is 18.2 Å². The van der Waals surface area contributed by atoms with Gasteiger partial charge in [0.15, 0.2) is 0 Å². The van der Waals surface area contributed by atoms with Crippen LogP contribution in [0.1, 0.15) is 23.2 Å². The van der Waals surface area contributed by atoms with E-state index in [1.807, 2.05) is 0 Å². The largest absolute Gasteiger partial charge is 0.396 e. The minimum atomic E-state index is -0.714. The van der Waals surface area contributed by atoms with Crippen molar-refractivity contribution in [1.82, 2.24) is 5.32 Å². The molecule has 0 aliphatic carbocycles. The Kier molecular flexibility index (Phi) is 4.01. The van der Waals surface area contributed by atoms with Crippen molar-refractivity contribution in [3.05, 3.63) is 29.6 Å². The smallest absolute Gasteiger partial charge is 0.253 e. The van der Waals surface area contributed by atoms with Crippen molar-refractivity contribution in [2.45, 2.75) is 18.4 Å². The van der Waals surface area contributed by atoms with Gasteiger partial charge < -0.3 is 20.9 Å². The first-order chi connectivity index (χ1) is 9.08. The summed E-state index contributed by atoms with van der Waals surface area (Å²) < 4.78 is 18.5. The normalized spacial score (nSPS) is 18.0. The zero-order valence-electron chi connectivity index (χ0n) is 10.5. The molecule has 0 spiro atoms. The number of benzene rings is 1. The Morgan fingerprint density at radius 3 is 2.79 bits per heavy atom. The Bertz CT molecular complexity index is 473. The monoisotopic (exact) mass is 268 g/mol. The lowest BCUT2D eigenvalue weighted by Gasteiger charge is -2.36. The molecule has 1 saturated heterocycles. The number of aliphatic hydroxyl groups excluding tert-OH is 1. The second kappa shape index (κ2) is 5.54. The van der Waals surface area contributed by atoms with E-state index in [2.05, 4.69) is 5.32 Å². The lowest BCUT2D eigenvalue weighted by Crippen LogP contribution is -2.54. The standard InChI is InChI=1S/C13H17FN2O3/c14-10-3-1-2-9(11(10)15)12(18)16-13(8-17)4-6-19-7-5-13/h1-3,17H,4-8,15H2,(H,16,18). The number of hydrogen-bond acceptors (Lipinski definition) is 4. The molecule has 1 heterocycles. The summed E-state index contributed by atoms with van der Waals surface area (Å²) in [7, 11) is 0. The van der Waals surface area contributed by atoms with Crippen LogP contribution in [0.2, 0.25) is 0 Å². The van der Waals surface area contributed by atoms with Crippen molar-refractivity contribution in [2.24, 2.45) is 0 Å². The summed E-state index contributed by atoms with van der Waals surface area (Å²) in [4.78, 5) is 12.1. The van der Waals surface area contributed by atoms with Crippen molar-refractivity contribution < 1.29 is 19.0 Å². The molecular formula is C13H17FN2O3. The number of carbonyl (C=O) groups excluding carboxylic acids is 1. The summed E-state index contributed by atoms with van der Waals surface area (Å²) in [6.07, 6.45) is 1.04. The zero-order chi connectivity index (χ0) is 13.9. The number of hydrogen-bond donors (Lipinski definition) is 3. The van der Waals surface area contributed by atoms with Gasteiger partial charge in [-0.05, 0) is 25.0 Å². The molecule has 6 heteroatoms. The fourth-order valence-corrected chi connectivity index (χ4v) is 2.13. The van der Waals surface area contributed by atoms with E-state index in [0.717, 1.165) is 0 Å². The molecule has 1 amide bonds. The highest BCUT2D eigenvalue weighted by atomic mass is 19.1. The predicted octanol–water partition coefficient (Wildman–Crippen LogP) is 0.679. The molecule has 0 unspecified atom stereocenters. The summed E-state index contributed by atoms with van der Waals surface area (Å²) in [6.45, 7) is 0.760. The van der Waals surface area contributed by atoms with E-state index < -0.39 is 17.3 Å². The first kappa shape index (κ1) is 13.8. The number of carbonyl (C=O) groups is 1. The van der Waals surface area contributed by atoms with Gasteiger partial charge in [-0.25, -0.2) is 4.39 Å². The number of rotatable bonds is 3. The van der Waals surface area contributed by atoms with E-state index in [1.54, 1.807) is 0 Å². The van der Waals surface area contributed by atoms with Gasteiger partial charge in [-0.2, -0.15) is 0 Å². The number of nitrogens with two attached hydrogens (primary N) is 1. The minimum absolute atomic E-state index is 0.0827. The van der Waals surface area contributed by atoms with Crippen LogP contribution in [-0.2, 0) is 4.74 Å². The summed E-state index contributed by atoms with van der Waals surface area (Å²) >= 11 is 0. The summed E-state index contributed by atoms with van der Waals surface area (Å²) in [5.41, 5.74) is 4.74. The van der Waals surface area contributed by atoms with Crippen molar-refractivity contribution in [2.75, 3.05) is 25.6 Å². The maximum atomic E-state index is 13.3. The lowest BCUT2D eigenvalue weighted by atomic mass is 9.90. The number of halogens is 1. The van der Waals surface area contributed by atoms with Gasteiger partial charge in [-0.3, -0.25) is 4.79 Å². The molecule has 0 saturated carbocycles. The Balaban J connectivity index is 2.17. The average molecular weight is 268 g/mol. The van der Waals surface area contributed by atoms with Gasteiger partial charge in [0.05, 0.1) is 23.4 Å². The topological polar surface area (TPSA) is 84.6 Å². The van der Waals surface area contributed by atoms with Crippen LogP contribution in [0.25, 0.3) is 0 Å². The molecule has 1 aliphatic rings. The summed E-state index contributed by atoms with van der Waals surface area (Å²) in [5, 5.41) is 12.2. The quantitative estimate of drug-likeness (QED) is 0.704. The van der Waals surface area contributed by atoms with Crippen LogP contribution in [-0.4, -0.2) is 36.4 Å². The molecule has 104 valence electrons. The number of ether oxygens (including phenoxy) is 1. The van der Waals surface area contributed by atoms with E-state index in [-0.39, 0.29) is 17.9 Å². The zero-order valence-corrected chi connectivity index (χ0v) is 10.5. The van der Waals surface area contributed by atoms with Gasteiger partial charge in [0, 0.05) is 13.2 Å². The van der Waals surface area contributed by atoms with Crippen molar-refractivity contribution >= 4 is 11.6 Å². The van der Waals surface area contributed by atoms with E-state index in [0.29, 0.717) is 26.1 Å². The fraction of sp³-hybridized carbons (Fsp3) is 0.462. The van der Waals surface area contributed by atoms with Crippen LogP contribution < -0.4 is 11.1 Å². The predicted molar refractivity (Wildman–Crippen MR) is 68.1 cm³/mol. The SMILES string of the molecule is Nc1c(F)cccc1C(=O)NC1(CO)CCOCC1. The first-order valence-corrected chi connectivity index (χ1v) is 6.13. The van der Waals surface area contributed by atoms with Crippen LogP contribution in [0.15, 0.2) is 18.2 Å². The molecular weight excluding hydrogens is 251 g/mol. The molecule has 1 aromatic carbocycles. The first-order valence-electron chi connectivity index (χ1n) is 6.13. The third kappa shape index (κ3) is 2.85. The van der Waals surface area contributed by atoms with Crippen LogP contribution in [0.4, 0.5) is 10.1 Å². The van der Waals surface area contributed by atoms with Gasteiger partial charge in [0.1, 0.15) is 5.82 Å². The van der Waals surface area contributed by atoms with Crippen molar-refractivity contribution in [1.29, 1.82) is 0 Å². The highest BCUT2D eigenvalue weighted by molar-refractivity contribution is 5.99. The molecule has 0 radical (unpaired) electrons. The molecule has 0 aromatic heterocycles. The lowest BCUT2D eigenvalue weighted by molar-refractivity contribution is 0.0125. The van der Waals surface area contributed by atoms with Crippen LogP contribution in [0.3, 0.4) is 0 Å². The number of nitrogen functional groups attached to an aromatic ring is 1. The second-order valence-corrected chi connectivity index (χ2v) is 4.71. The van der Waals surface area contributed by atoms with Crippen molar-refractivity contribution in [3.63, 3.8) is 0 Å². The molecule has 2 rings (SSSR count). The number of aliphatic hydroxyl groups is 1. The molecule has 1 aromatic rings. The maximum Gasteiger partial charge on any atom is 0.253 e. The number of anilines is 1. The van der Waals surface area contributed by atoms with E-state index in [4.69, 9.17) is 10.5 Å². The third-order valence-electron chi connectivity index (χ3n) is 3.43. The molecule has 0 bridgehead atoms. The van der Waals surface area contributed by atoms with Crippen LogP contribution >= 0.6 is 0 Å². The van der Waals surface area contributed by atoms with Gasteiger partial charge in [-0.1, -0.05) is 6.07 Å². The van der Waals surface area contributed by atoms with Gasteiger partial charge in [0.25, 0.3) is 5.91 Å². The van der Waals surface area contributed by atoms with Crippen LogP contribution in [0.5, 0.6) is 0 Å². The highest BCUT2D eigenvalue weighted by Gasteiger charge is 2.34. The van der Waals surface area contributed by atoms with E-state index >= 15 is 0 Å². The second-order valence-electron chi connectivity index (χ2n) is 4.71. The van der Waals surface area contributed by atoms with Crippen molar-refractivity contribution in [3.8, 4) is 0 Å². The molecule has 4 N–H and O–H groups in total. The average Bonchev–Trinajstić information content (AvgIpc) is 2.42. The highest BCUT2D eigenvalue weighted by Crippen LogP contribution is 2.22. The van der Waals surface area contributed by atoms with Crippen LogP contribution in [0, 0.1) is 5.82 Å². The van der Waals surface area contributed by atoms with Gasteiger partial charge >= 0.3 is 0 Å². The third-order valence-corrected chi connectivity index (χ3v) is 3.43.